The first kappa shape index (κ1) is 13.6. The summed E-state index contributed by atoms with van der Waals surface area (Å²) < 4.78 is 14.9. The lowest BCUT2D eigenvalue weighted by Gasteiger charge is -2.37. The van der Waals surface area contributed by atoms with Gasteiger partial charge in [-0.25, -0.2) is 4.39 Å². The Hall–Kier alpha value is -1.35. The number of benzene rings is 2. The molecule has 1 saturated carbocycles. The number of anilines is 1. The van der Waals surface area contributed by atoms with E-state index in [-0.39, 0.29) is 5.82 Å². The van der Waals surface area contributed by atoms with Gasteiger partial charge in [0.25, 0.3) is 0 Å². The van der Waals surface area contributed by atoms with Gasteiger partial charge in [-0.15, -0.1) is 0 Å². The molecule has 2 aromatic carbocycles. The predicted molar refractivity (Wildman–Crippen MR) is 84.7 cm³/mol. The molecule has 0 spiro atoms. The quantitative estimate of drug-likeness (QED) is 0.808. The summed E-state index contributed by atoms with van der Waals surface area (Å²) in [6.07, 6.45) is 2.12. The minimum atomic E-state index is -0.157. The Morgan fingerprint density at radius 1 is 1.15 bits per heavy atom. The maximum atomic E-state index is 13.8. The van der Waals surface area contributed by atoms with E-state index in [0.717, 1.165) is 22.9 Å². The molecule has 0 saturated heterocycles. The molecule has 0 atom stereocenters. The SMILES string of the molecule is Cc1cccc(F)c1NC1CC(c2cccc(Br)c2)C1. The van der Waals surface area contributed by atoms with Crippen molar-refractivity contribution >= 4 is 21.6 Å². The molecule has 1 N–H and O–H groups in total. The van der Waals surface area contributed by atoms with Crippen molar-refractivity contribution in [2.24, 2.45) is 0 Å². The third-order valence-electron chi connectivity index (χ3n) is 4.03. The van der Waals surface area contributed by atoms with Gasteiger partial charge in [0.1, 0.15) is 5.82 Å². The zero-order valence-electron chi connectivity index (χ0n) is 11.4. The average Bonchev–Trinajstić information content (AvgIpc) is 2.36. The first-order chi connectivity index (χ1) is 9.63. The number of hydrogen-bond donors (Lipinski definition) is 1. The van der Waals surface area contributed by atoms with Crippen LogP contribution in [0.5, 0.6) is 0 Å². The molecule has 3 rings (SSSR count). The van der Waals surface area contributed by atoms with Crippen molar-refractivity contribution in [3.63, 3.8) is 0 Å². The highest BCUT2D eigenvalue weighted by Crippen LogP contribution is 2.39. The number of aryl methyl sites for hydroxylation is 1. The van der Waals surface area contributed by atoms with E-state index in [0.29, 0.717) is 17.6 Å². The van der Waals surface area contributed by atoms with Gasteiger partial charge < -0.3 is 5.32 Å². The van der Waals surface area contributed by atoms with Crippen molar-refractivity contribution in [3.05, 3.63) is 63.9 Å². The molecular formula is C17H17BrFN. The van der Waals surface area contributed by atoms with Crippen molar-refractivity contribution in [2.75, 3.05) is 5.32 Å². The van der Waals surface area contributed by atoms with Crippen molar-refractivity contribution in [2.45, 2.75) is 31.7 Å². The summed E-state index contributed by atoms with van der Waals surface area (Å²) in [5.74, 6) is 0.424. The number of para-hydroxylation sites is 1. The summed E-state index contributed by atoms with van der Waals surface area (Å²) in [6, 6.07) is 14.0. The Morgan fingerprint density at radius 3 is 2.60 bits per heavy atom. The molecule has 1 aliphatic rings. The van der Waals surface area contributed by atoms with E-state index in [2.05, 4.69) is 39.4 Å². The second kappa shape index (κ2) is 5.57. The lowest BCUT2D eigenvalue weighted by atomic mass is 9.76. The molecule has 2 aromatic rings. The van der Waals surface area contributed by atoms with Crippen LogP contribution < -0.4 is 5.32 Å². The number of hydrogen-bond acceptors (Lipinski definition) is 1. The largest absolute Gasteiger partial charge is 0.380 e. The highest BCUT2D eigenvalue weighted by atomic mass is 79.9. The molecule has 3 heteroatoms. The minimum Gasteiger partial charge on any atom is -0.380 e. The number of rotatable bonds is 3. The van der Waals surface area contributed by atoms with Gasteiger partial charge in [-0.1, -0.05) is 40.2 Å². The standard InChI is InChI=1S/C17H17BrFN/c1-11-4-2-7-16(19)17(11)20-15-9-13(10-15)12-5-3-6-14(18)8-12/h2-8,13,15,20H,9-10H2,1H3. The number of nitrogens with one attached hydrogen (secondary N) is 1. The van der Waals surface area contributed by atoms with Gasteiger partial charge in [0.05, 0.1) is 5.69 Å². The van der Waals surface area contributed by atoms with Gasteiger partial charge in [0.15, 0.2) is 0 Å². The van der Waals surface area contributed by atoms with E-state index in [9.17, 15) is 4.39 Å². The molecule has 0 aliphatic heterocycles. The molecule has 104 valence electrons. The van der Waals surface area contributed by atoms with Gasteiger partial charge in [-0.2, -0.15) is 0 Å². The summed E-state index contributed by atoms with van der Waals surface area (Å²) in [5, 5.41) is 3.34. The fourth-order valence-electron chi connectivity index (χ4n) is 2.79. The molecule has 0 amide bonds. The third-order valence-corrected chi connectivity index (χ3v) is 4.52. The summed E-state index contributed by atoms with van der Waals surface area (Å²) in [4.78, 5) is 0. The van der Waals surface area contributed by atoms with E-state index in [1.165, 1.54) is 11.6 Å². The molecule has 0 heterocycles. The second-order valence-corrected chi connectivity index (χ2v) is 6.41. The molecular weight excluding hydrogens is 317 g/mol. The van der Waals surface area contributed by atoms with Gasteiger partial charge >= 0.3 is 0 Å². The monoisotopic (exact) mass is 333 g/mol. The van der Waals surface area contributed by atoms with E-state index < -0.39 is 0 Å². The summed E-state index contributed by atoms with van der Waals surface area (Å²) in [7, 11) is 0. The maximum absolute atomic E-state index is 13.8. The summed E-state index contributed by atoms with van der Waals surface area (Å²) >= 11 is 3.51. The van der Waals surface area contributed by atoms with Crippen LogP contribution in [0.4, 0.5) is 10.1 Å². The van der Waals surface area contributed by atoms with E-state index >= 15 is 0 Å². The van der Waals surface area contributed by atoms with Crippen LogP contribution in [0, 0.1) is 12.7 Å². The third kappa shape index (κ3) is 2.73. The highest BCUT2D eigenvalue weighted by molar-refractivity contribution is 9.10. The fourth-order valence-corrected chi connectivity index (χ4v) is 3.20. The summed E-state index contributed by atoms with van der Waals surface area (Å²) in [6.45, 7) is 1.94. The van der Waals surface area contributed by atoms with Gasteiger partial charge in [0.2, 0.25) is 0 Å². The van der Waals surface area contributed by atoms with Crippen LogP contribution in [-0.2, 0) is 0 Å². The fraction of sp³-hybridized carbons (Fsp3) is 0.294. The zero-order chi connectivity index (χ0) is 14.1. The van der Waals surface area contributed by atoms with Gasteiger partial charge in [0, 0.05) is 10.5 Å². The molecule has 1 fully saturated rings. The molecule has 0 aromatic heterocycles. The second-order valence-electron chi connectivity index (χ2n) is 5.50. The predicted octanol–water partition coefficient (Wildman–Crippen LogP) is 5.25. The molecule has 0 unspecified atom stereocenters. The molecule has 0 bridgehead atoms. The van der Waals surface area contributed by atoms with Crippen molar-refractivity contribution in [1.29, 1.82) is 0 Å². The van der Waals surface area contributed by atoms with Crippen molar-refractivity contribution in [3.8, 4) is 0 Å². The van der Waals surface area contributed by atoms with Crippen LogP contribution in [0.2, 0.25) is 0 Å². The Bertz CT molecular complexity index is 600. The maximum Gasteiger partial charge on any atom is 0.146 e. The Morgan fingerprint density at radius 2 is 1.90 bits per heavy atom. The van der Waals surface area contributed by atoms with E-state index in [1.807, 2.05) is 19.1 Å². The average molecular weight is 334 g/mol. The van der Waals surface area contributed by atoms with Crippen LogP contribution in [0.3, 0.4) is 0 Å². The summed E-state index contributed by atoms with van der Waals surface area (Å²) in [5.41, 5.74) is 2.99. The van der Waals surface area contributed by atoms with Crippen molar-refractivity contribution in [1.82, 2.24) is 0 Å². The lowest BCUT2D eigenvalue weighted by Crippen LogP contribution is -2.34. The van der Waals surface area contributed by atoms with Crippen molar-refractivity contribution < 1.29 is 4.39 Å². The molecule has 20 heavy (non-hydrogen) atoms. The van der Waals surface area contributed by atoms with Gasteiger partial charge in [-0.05, 0) is 55.0 Å². The minimum absolute atomic E-state index is 0.157. The van der Waals surface area contributed by atoms with Crippen LogP contribution >= 0.6 is 15.9 Å². The molecule has 0 radical (unpaired) electrons. The van der Waals surface area contributed by atoms with E-state index in [1.54, 1.807) is 6.07 Å². The van der Waals surface area contributed by atoms with Crippen LogP contribution in [0.15, 0.2) is 46.9 Å². The topological polar surface area (TPSA) is 12.0 Å². The van der Waals surface area contributed by atoms with Crippen LogP contribution in [0.1, 0.15) is 29.9 Å². The molecule has 1 aliphatic carbocycles. The smallest absolute Gasteiger partial charge is 0.146 e. The van der Waals surface area contributed by atoms with E-state index in [4.69, 9.17) is 0 Å². The first-order valence-corrected chi connectivity index (χ1v) is 7.70. The lowest BCUT2D eigenvalue weighted by molar-refractivity contribution is 0.372. The number of halogens is 2. The van der Waals surface area contributed by atoms with Crippen LogP contribution in [0.25, 0.3) is 0 Å². The zero-order valence-corrected chi connectivity index (χ0v) is 13.0. The Labute approximate surface area is 127 Å². The molecule has 1 nitrogen and oxygen atoms in total. The Kier molecular flexibility index (Phi) is 3.79. The first-order valence-electron chi connectivity index (χ1n) is 6.90. The van der Waals surface area contributed by atoms with Crippen LogP contribution in [-0.4, -0.2) is 6.04 Å². The van der Waals surface area contributed by atoms with Gasteiger partial charge in [-0.3, -0.25) is 0 Å². The highest BCUT2D eigenvalue weighted by Gasteiger charge is 2.30. The normalized spacial score (nSPS) is 21.4. The Balaban J connectivity index is 1.64.